The Morgan fingerprint density at radius 1 is 1.07 bits per heavy atom. The zero-order valence-corrected chi connectivity index (χ0v) is 9.79. The highest BCUT2D eigenvalue weighted by Gasteiger charge is 2.31. The summed E-state index contributed by atoms with van der Waals surface area (Å²) in [6.45, 7) is 4.45. The summed E-state index contributed by atoms with van der Waals surface area (Å²) in [5.41, 5.74) is 0. The Hall–Kier alpha value is -0.0800. The minimum absolute atomic E-state index is 0.462. The van der Waals surface area contributed by atoms with Gasteiger partial charge in [0.05, 0.1) is 18.3 Å². The van der Waals surface area contributed by atoms with Crippen LogP contribution in [-0.2, 0) is 9.47 Å². The molecule has 0 aromatic heterocycles. The molecule has 14 heavy (non-hydrogen) atoms. The van der Waals surface area contributed by atoms with Crippen LogP contribution in [-0.4, -0.2) is 25.4 Å². The largest absolute Gasteiger partial charge is 0.381 e. The molecule has 0 bridgehead atoms. The lowest BCUT2D eigenvalue weighted by atomic mass is 9.91. The maximum absolute atomic E-state index is 6.02. The van der Waals surface area contributed by atoms with Crippen LogP contribution in [0.4, 0.5) is 0 Å². The zero-order chi connectivity index (χ0) is 10.4. The summed E-state index contributed by atoms with van der Waals surface area (Å²) in [7, 11) is 1.79. The first-order valence-corrected chi connectivity index (χ1v) is 5.98. The molecule has 0 heterocycles. The van der Waals surface area contributed by atoms with E-state index in [4.69, 9.17) is 9.47 Å². The van der Waals surface area contributed by atoms with Crippen molar-refractivity contribution in [2.45, 2.75) is 70.7 Å². The van der Waals surface area contributed by atoms with Crippen LogP contribution >= 0.6 is 0 Å². The Labute approximate surface area is 88.0 Å². The van der Waals surface area contributed by atoms with Gasteiger partial charge >= 0.3 is 0 Å². The molecule has 0 aromatic rings. The third kappa shape index (κ3) is 3.58. The quantitative estimate of drug-likeness (QED) is 0.628. The second kappa shape index (κ2) is 6.41. The monoisotopic (exact) mass is 200 g/mol. The minimum Gasteiger partial charge on any atom is -0.381 e. The van der Waals surface area contributed by atoms with Crippen molar-refractivity contribution >= 4 is 0 Å². The molecule has 0 saturated heterocycles. The Morgan fingerprint density at radius 3 is 2.07 bits per heavy atom. The summed E-state index contributed by atoms with van der Waals surface area (Å²) in [6.07, 6.45) is 8.50. The predicted octanol–water partition coefficient (Wildman–Crippen LogP) is 3.15. The van der Waals surface area contributed by atoms with Crippen LogP contribution in [0.1, 0.15) is 52.4 Å². The number of hydrogen-bond acceptors (Lipinski definition) is 2. The first kappa shape index (κ1) is 12.0. The van der Waals surface area contributed by atoms with Gasteiger partial charge in [0.1, 0.15) is 0 Å². The normalized spacial score (nSPS) is 26.6. The molecule has 1 fully saturated rings. The molecule has 0 aliphatic heterocycles. The highest BCUT2D eigenvalue weighted by molar-refractivity contribution is 4.81. The third-order valence-corrected chi connectivity index (χ3v) is 2.99. The van der Waals surface area contributed by atoms with Crippen LogP contribution in [0, 0.1) is 0 Å². The highest BCUT2D eigenvalue weighted by Crippen LogP contribution is 2.28. The fourth-order valence-electron chi connectivity index (χ4n) is 2.02. The van der Waals surface area contributed by atoms with Gasteiger partial charge in [-0.1, -0.05) is 26.7 Å². The van der Waals surface area contributed by atoms with E-state index in [1.807, 2.05) is 0 Å². The average molecular weight is 200 g/mol. The van der Waals surface area contributed by atoms with E-state index >= 15 is 0 Å². The summed E-state index contributed by atoms with van der Waals surface area (Å²) in [5, 5.41) is 0. The van der Waals surface area contributed by atoms with Crippen LogP contribution in [0.5, 0.6) is 0 Å². The van der Waals surface area contributed by atoms with E-state index in [0.29, 0.717) is 18.3 Å². The molecule has 1 aliphatic rings. The van der Waals surface area contributed by atoms with Crippen LogP contribution in [0.3, 0.4) is 0 Å². The fraction of sp³-hybridized carbons (Fsp3) is 1.00. The van der Waals surface area contributed by atoms with Gasteiger partial charge in [-0.05, 0) is 25.7 Å². The molecule has 1 saturated carbocycles. The molecule has 0 unspecified atom stereocenters. The van der Waals surface area contributed by atoms with Gasteiger partial charge in [0.15, 0.2) is 0 Å². The second-order valence-electron chi connectivity index (χ2n) is 4.29. The second-order valence-corrected chi connectivity index (χ2v) is 4.29. The molecule has 84 valence electrons. The number of rotatable bonds is 7. The Bertz CT molecular complexity index is 135. The van der Waals surface area contributed by atoms with Gasteiger partial charge in [0.25, 0.3) is 0 Å². The summed E-state index contributed by atoms with van der Waals surface area (Å²) in [6, 6.07) is 0. The van der Waals surface area contributed by atoms with E-state index < -0.39 is 0 Å². The molecule has 0 atom stereocenters. The van der Waals surface area contributed by atoms with Crippen molar-refractivity contribution in [2.24, 2.45) is 0 Å². The fourth-order valence-corrected chi connectivity index (χ4v) is 2.02. The van der Waals surface area contributed by atoms with E-state index in [1.165, 1.54) is 25.7 Å². The van der Waals surface area contributed by atoms with E-state index in [1.54, 1.807) is 7.11 Å². The Kier molecular flexibility index (Phi) is 5.49. The first-order valence-electron chi connectivity index (χ1n) is 5.98. The van der Waals surface area contributed by atoms with Gasteiger partial charge < -0.3 is 9.47 Å². The molecule has 2 nitrogen and oxygen atoms in total. The smallest absolute Gasteiger partial charge is 0.0628 e. The van der Waals surface area contributed by atoms with Gasteiger partial charge in [0.2, 0.25) is 0 Å². The maximum atomic E-state index is 6.02. The van der Waals surface area contributed by atoms with Gasteiger partial charge in [-0.15, -0.1) is 0 Å². The molecular formula is C12H24O2. The van der Waals surface area contributed by atoms with Crippen LogP contribution in [0.25, 0.3) is 0 Å². The lowest BCUT2D eigenvalue weighted by Crippen LogP contribution is -2.39. The molecular weight excluding hydrogens is 176 g/mol. The van der Waals surface area contributed by atoms with Crippen molar-refractivity contribution in [3.8, 4) is 0 Å². The SMILES string of the molecule is CCCC(CCC)OC1CC(OC)C1. The van der Waals surface area contributed by atoms with Crippen LogP contribution < -0.4 is 0 Å². The van der Waals surface area contributed by atoms with Gasteiger partial charge in [-0.2, -0.15) is 0 Å². The van der Waals surface area contributed by atoms with Crippen molar-refractivity contribution in [1.29, 1.82) is 0 Å². The average Bonchev–Trinajstić information content (AvgIpc) is 2.11. The molecule has 0 radical (unpaired) electrons. The van der Waals surface area contributed by atoms with Crippen LogP contribution in [0.15, 0.2) is 0 Å². The summed E-state index contributed by atoms with van der Waals surface area (Å²) in [4.78, 5) is 0. The molecule has 0 aromatic carbocycles. The number of ether oxygens (including phenoxy) is 2. The molecule has 2 heteroatoms. The van der Waals surface area contributed by atoms with E-state index in [-0.39, 0.29) is 0 Å². The van der Waals surface area contributed by atoms with Gasteiger partial charge in [-0.25, -0.2) is 0 Å². The first-order chi connectivity index (χ1) is 6.80. The topological polar surface area (TPSA) is 18.5 Å². The van der Waals surface area contributed by atoms with Crippen molar-refractivity contribution in [3.63, 3.8) is 0 Å². The molecule has 1 rings (SSSR count). The Balaban J connectivity index is 2.13. The molecule has 0 spiro atoms. The molecule has 0 N–H and O–H groups in total. The van der Waals surface area contributed by atoms with Crippen molar-refractivity contribution in [1.82, 2.24) is 0 Å². The van der Waals surface area contributed by atoms with Gasteiger partial charge in [0, 0.05) is 7.11 Å². The summed E-state index contributed by atoms with van der Waals surface area (Å²) >= 11 is 0. The number of methoxy groups -OCH3 is 1. The van der Waals surface area contributed by atoms with E-state index in [9.17, 15) is 0 Å². The van der Waals surface area contributed by atoms with Gasteiger partial charge in [-0.3, -0.25) is 0 Å². The molecule has 0 amide bonds. The summed E-state index contributed by atoms with van der Waals surface area (Å²) < 4.78 is 11.3. The summed E-state index contributed by atoms with van der Waals surface area (Å²) in [5.74, 6) is 0. The van der Waals surface area contributed by atoms with E-state index in [2.05, 4.69) is 13.8 Å². The van der Waals surface area contributed by atoms with E-state index in [0.717, 1.165) is 12.8 Å². The lowest BCUT2D eigenvalue weighted by molar-refractivity contribution is -0.118. The standard InChI is InChI=1S/C12H24O2/c1-4-6-10(7-5-2)14-12-8-11(9-12)13-3/h10-12H,4-9H2,1-3H3. The van der Waals surface area contributed by atoms with Crippen molar-refractivity contribution in [3.05, 3.63) is 0 Å². The maximum Gasteiger partial charge on any atom is 0.0628 e. The third-order valence-electron chi connectivity index (χ3n) is 2.99. The lowest BCUT2D eigenvalue weighted by Gasteiger charge is -2.36. The van der Waals surface area contributed by atoms with Crippen LogP contribution in [0.2, 0.25) is 0 Å². The predicted molar refractivity (Wildman–Crippen MR) is 58.5 cm³/mol. The zero-order valence-electron chi connectivity index (χ0n) is 9.79. The van der Waals surface area contributed by atoms with Crippen molar-refractivity contribution in [2.75, 3.05) is 7.11 Å². The highest BCUT2D eigenvalue weighted by atomic mass is 16.5. The number of hydrogen-bond donors (Lipinski definition) is 0. The van der Waals surface area contributed by atoms with Crippen molar-refractivity contribution < 1.29 is 9.47 Å². The Morgan fingerprint density at radius 2 is 1.64 bits per heavy atom. The minimum atomic E-state index is 0.462. The molecule has 1 aliphatic carbocycles.